The van der Waals surface area contributed by atoms with E-state index in [0.29, 0.717) is 30.2 Å². The van der Waals surface area contributed by atoms with E-state index in [2.05, 4.69) is 15.2 Å². The monoisotopic (exact) mass is 274 g/mol. The van der Waals surface area contributed by atoms with Gasteiger partial charge in [-0.3, -0.25) is 0 Å². The Hall–Kier alpha value is -2.64. The summed E-state index contributed by atoms with van der Waals surface area (Å²) >= 11 is 0. The molecule has 0 radical (unpaired) electrons. The molecule has 2 aromatic heterocycles. The van der Waals surface area contributed by atoms with Crippen molar-refractivity contribution >= 4 is 17.5 Å². The molecule has 0 aromatic carbocycles. The highest BCUT2D eigenvalue weighted by Gasteiger charge is 2.24. The summed E-state index contributed by atoms with van der Waals surface area (Å²) in [4.78, 5) is 18.1. The topological polar surface area (TPSA) is 99.2 Å². The first kappa shape index (κ1) is 12.4. The van der Waals surface area contributed by atoms with E-state index < -0.39 is 5.97 Å². The van der Waals surface area contributed by atoms with Gasteiger partial charge in [0, 0.05) is 13.1 Å². The SMILES string of the molecule is COC(=O)c1cc(N)cnc1N1CCn2cnnc2C1. The molecule has 0 unspecified atom stereocenters. The number of carbonyl (C=O) groups excluding carboxylic acids is 1. The molecule has 104 valence electrons. The number of nitrogens with zero attached hydrogens (tertiary/aromatic N) is 5. The number of carbonyl (C=O) groups is 1. The van der Waals surface area contributed by atoms with Gasteiger partial charge in [-0.25, -0.2) is 9.78 Å². The third kappa shape index (κ3) is 2.04. The van der Waals surface area contributed by atoms with Gasteiger partial charge in [0.25, 0.3) is 0 Å². The average Bonchev–Trinajstić information content (AvgIpc) is 2.93. The van der Waals surface area contributed by atoms with Gasteiger partial charge in [-0.2, -0.15) is 0 Å². The lowest BCUT2D eigenvalue weighted by atomic mass is 10.2. The normalized spacial score (nSPS) is 13.9. The highest BCUT2D eigenvalue weighted by atomic mass is 16.5. The molecule has 0 aliphatic carbocycles. The van der Waals surface area contributed by atoms with E-state index >= 15 is 0 Å². The predicted octanol–water partition coefficient (Wildman–Crippen LogP) is 0.0621. The van der Waals surface area contributed by atoms with E-state index in [9.17, 15) is 4.79 Å². The number of methoxy groups -OCH3 is 1. The maximum Gasteiger partial charge on any atom is 0.341 e. The van der Waals surface area contributed by atoms with Crippen LogP contribution in [0, 0.1) is 0 Å². The van der Waals surface area contributed by atoms with Crippen molar-refractivity contribution in [3.8, 4) is 0 Å². The Morgan fingerprint density at radius 1 is 1.45 bits per heavy atom. The van der Waals surface area contributed by atoms with Gasteiger partial charge in [-0.05, 0) is 6.07 Å². The lowest BCUT2D eigenvalue weighted by molar-refractivity contribution is 0.0601. The van der Waals surface area contributed by atoms with Gasteiger partial charge in [0.2, 0.25) is 0 Å². The molecule has 8 nitrogen and oxygen atoms in total. The van der Waals surface area contributed by atoms with Crippen LogP contribution in [0.2, 0.25) is 0 Å². The summed E-state index contributed by atoms with van der Waals surface area (Å²) < 4.78 is 6.76. The molecular weight excluding hydrogens is 260 g/mol. The number of fused-ring (bicyclic) bond motifs is 1. The zero-order valence-corrected chi connectivity index (χ0v) is 11.0. The third-order valence-electron chi connectivity index (χ3n) is 3.23. The molecule has 3 heterocycles. The maximum absolute atomic E-state index is 11.8. The summed E-state index contributed by atoms with van der Waals surface area (Å²) in [7, 11) is 1.34. The number of aromatic nitrogens is 4. The van der Waals surface area contributed by atoms with Crippen LogP contribution in [0.15, 0.2) is 18.6 Å². The smallest absolute Gasteiger partial charge is 0.341 e. The second-order valence-corrected chi connectivity index (χ2v) is 4.49. The van der Waals surface area contributed by atoms with Gasteiger partial charge in [0.15, 0.2) is 5.82 Å². The number of nitrogens with two attached hydrogens (primary N) is 1. The Kier molecular flexibility index (Phi) is 2.97. The second kappa shape index (κ2) is 4.80. The molecule has 2 aromatic rings. The summed E-state index contributed by atoms with van der Waals surface area (Å²) in [5, 5.41) is 7.92. The number of hydrogen-bond acceptors (Lipinski definition) is 7. The Morgan fingerprint density at radius 3 is 3.10 bits per heavy atom. The number of ether oxygens (including phenoxy) is 1. The van der Waals surface area contributed by atoms with Crippen molar-refractivity contribution in [2.45, 2.75) is 13.1 Å². The van der Waals surface area contributed by atoms with Crippen LogP contribution in [-0.4, -0.2) is 39.4 Å². The molecule has 3 rings (SSSR count). The minimum Gasteiger partial charge on any atom is -0.465 e. The third-order valence-corrected chi connectivity index (χ3v) is 3.23. The molecule has 0 fully saturated rings. The standard InChI is InChI=1S/C12H14N6O2/c1-20-12(19)9-4-8(13)5-14-11(9)17-2-3-18-7-15-16-10(18)6-17/h4-5,7H,2-3,6,13H2,1H3. The van der Waals surface area contributed by atoms with Gasteiger partial charge >= 0.3 is 5.97 Å². The fourth-order valence-corrected chi connectivity index (χ4v) is 2.23. The Bertz CT molecular complexity index is 653. The van der Waals surface area contributed by atoms with E-state index in [1.54, 1.807) is 12.4 Å². The molecule has 0 spiro atoms. The molecule has 8 heteroatoms. The first-order valence-corrected chi connectivity index (χ1v) is 6.14. The summed E-state index contributed by atoms with van der Waals surface area (Å²) in [6.45, 7) is 2.00. The fourth-order valence-electron chi connectivity index (χ4n) is 2.23. The quantitative estimate of drug-likeness (QED) is 0.773. The molecule has 20 heavy (non-hydrogen) atoms. The zero-order chi connectivity index (χ0) is 14.1. The number of hydrogen-bond donors (Lipinski definition) is 1. The van der Waals surface area contributed by atoms with Crippen LogP contribution in [0.1, 0.15) is 16.2 Å². The molecule has 1 aliphatic rings. The molecular formula is C12H14N6O2. The number of nitrogen functional groups attached to an aromatic ring is 1. The van der Waals surface area contributed by atoms with E-state index in [1.807, 2.05) is 9.47 Å². The van der Waals surface area contributed by atoms with Gasteiger partial charge in [0.05, 0.1) is 25.5 Å². The van der Waals surface area contributed by atoms with Crippen molar-refractivity contribution in [1.29, 1.82) is 0 Å². The summed E-state index contributed by atoms with van der Waals surface area (Å²) in [5.41, 5.74) is 6.48. The van der Waals surface area contributed by atoms with Crippen molar-refractivity contribution in [3.63, 3.8) is 0 Å². The van der Waals surface area contributed by atoms with Crippen molar-refractivity contribution < 1.29 is 9.53 Å². The molecule has 0 saturated carbocycles. The van der Waals surface area contributed by atoms with Crippen molar-refractivity contribution in [2.24, 2.45) is 0 Å². The van der Waals surface area contributed by atoms with Crippen LogP contribution in [0.25, 0.3) is 0 Å². The Morgan fingerprint density at radius 2 is 2.30 bits per heavy atom. The molecule has 0 bridgehead atoms. The molecule has 1 aliphatic heterocycles. The first-order valence-electron chi connectivity index (χ1n) is 6.14. The van der Waals surface area contributed by atoms with Crippen molar-refractivity contribution in [3.05, 3.63) is 30.0 Å². The largest absolute Gasteiger partial charge is 0.465 e. The number of anilines is 2. The highest BCUT2D eigenvalue weighted by Crippen LogP contribution is 2.24. The van der Waals surface area contributed by atoms with Crippen LogP contribution in [0.3, 0.4) is 0 Å². The molecule has 0 saturated heterocycles. The highest BCUT2D eigenvalue weighted by molar-refractivity contribution is 5.95. The second-order valence-electron chi connectivity index (χ2n) is 4.49. The van der Waals surface area contributed by atoms with E-state index in [-0.39, 0.29) is 0 Å². The molecule has 0 atom stereocenters. The first-order chi connectivity index (χ1) is 9.69. The van der Waals surface area contributed by atoms with Crippen LogP contribution >= 0.6 is 0 Å². The van der Waals surface area contributed by atoms with Gasteiger partial charge < -0.3 is 19.9 Å². The minimum atomic E-state index is -0.452. The van der Waals surface area contributed by atoms with Crippen LogP contribution < -0.4 is 10.6 Å². The minimum absolute atomic E-state index is 0.362. The van der Waals surface area contributed by atoms with E-state index in [1.165, 1.54) is 13.3 Å². The summed E-state index contributed by atoms with van der Waals surface area (Å²) in [6, 6.07) is 1.58. The van der Waals surface area contributed by atoms with Crippen LogP contribution in [0.5, 0.6) is 0 Å². The van der Waals surface area contributed by atoms with Crippen LogP contribution in [-0.2, 0) is 17.8 Å². The Balaban J connectivity index is 1.97. The van der Waals surface area contributed by atoms with Gasteiger partial charge in [-0.1, -0.05) is 0 Å². The Labute approximate surface area is 115 Å². The van der Waals surface area contributed by atoms with E-state index in [4.69, 9.17) is 10.5 Å². The van der Waals surface area contributed by atoms with Crippen molar-refractivity contribution in [1.82, 2.24) is 19.7 Å². The fraction of sp³-hybridized carbons (Fsp3) is 0.333. The number of rotatable bonds is 2. The maximum atomic E-state index is 11.8. The predicted molar refractivity (Wildman–Crippen MR) is 71.1 cm³/mol. The molecule has 0 amide bonds. The van der Waals surface area contributed by atoms with Crippen molar-refractivity contribution in [2.75, 3.05) is 24.3 Å². The van der Waals surface area contributed by atoms with Crippen LogP contribution in [0.4, 0.5) is 11.5 Å². The molecule has 2 N–H and O–H groups in total. The lowest BCUT2D eigenvalue weighted by Gasteiger charge is -2.29. The number of esters is 1. The average molecular weight is 274 g/mol. The lowest BCUT2D eigenvalue weighted by Crippen LogP contribution is -2.35. The zero-order valence-electron chi connectivity index (χ0n) is 11.0. The number of pyridine rings is 1. The van der Waals surface area contributed by atoms with Gasteiger partial charge in [-0.15, -0.1) is 10.2 Å². The van der Waals surface area contributed by atoms with E-state index in [0.717, 1.165) is 12.4 Å². The summed E-state index contributed by atoms with van der Waals surface area (Å²) in [6.07, 6.45) is 3.23. The summed E-state index contributed by atoms with van der Waals surface area (Å²) in [5.74, 6) is 0.942. The van der Waals surface area contributed by atoms with Gasteiger partial charge in [0.1, 0.15) is 17.7 Å².